The van der Waals surface area contributed by atoms with Crippen LogP contribution < -0.4 is 0 Å². The predicted molar refractivity (Wildman–Crippen MR) is 145 cm³/mol. The van der Waals surface area contributed by atoms with Crippen LogP contribution in [0.1, 0.15) is 77.0 Å². The number of benzene rings is 1. The number of nitrogens with zero attached hydrogens (tertiary/aromatic N) is 3. The number of carbonyl (C=O) groups is 1. The first kappa shape index (κ1) is 25.4. The zero-order chi connectivity index (χ0) is 25.6. The number of carbonyl (C=O) groups excluding carboxylic acids is 1. The van der Waals surface area contributed by atoms with E-state index in [1.165, 1.54) is 6.42 Å². The van der Waals surface area contributed by atoms with Gasteiger partial charge in [0, 0.05) is 4.47 Å². The average molecular weight is 553 g/mol. The molecule has 6 heteroatoms. The first-order valence-electron chi connectivity index (χ1n) is 13.3. The molecule has 0 amide bonds. The Kier molecular flexibility index (Phi) is 6.78. The third-order valence-electron chi connectivity index (χ3n) is 9.49. The topological polar surface area (TPSA) is 57.0 Å². The number of hydrogen-bond donors (Lipinski definition) is 0. The molecule has 3 aliphatic carbocycles. The van der Waals surface area contributed by atoms with Crippen LogP contribution in [-0.2, 0) is 22.7 Å². The van der Waals surface area contributed by atoms with Gasteiger partial charge in [0.25, 0.3) is 0 Å². The molecule has 2 fully saturated rings. The molecule has 2 aromatic rings. The minimum absolute atomic E-state index is 0.0747. The second-order valence-corrected chi connectivity index (χ2v) is 13.0. The third-order valence-corrected chi connectivity index (χ3v) is 10.0. The lowest BCUT2D eigenvalue weighted by Gasteiger charge is -2.58. The number of aromatic nitrogens is 3. The average Bonchev–Trinajstić information content (AvgIpc) is 3.30. The number of halogens is 1. The Morgan fingerprint density at radius 3 is 2.75 bits per heavy atom. The van der Waals surface area contributed by atoms with E-state index in [-0.39, 0.29) is 23.4 Å². The van der Waals surface area contributed by atoms with E-state index in [1.807, 2.05) is 18.3 Å². The smallest absolute Gasteiger partial charge is 0.312 e. The maximum absolute atomic E-state index is 13.6. The summed E-state index contributed by atoms with van der Waals surface area (Å²) in [6.45, 7) is 11.8. The van der Waals surface area contributed by atoms with E-state index in [1.54, 1.807) is 10.3 Å². The van der Waals surface area contributed by atoms with Crippen molar-refractivity contribution >= 4 is 21.9 Å². The lowest BCUT2D eigenvalue weighted by atomic mass is 9.46. The first-order valence-corrected chi connectivity index (χ1v) is 14.1. The summed E-state index contributed by atoms with van der Waals surface area (Å²) in [4.78, 5) is 13.6. The van der Waals surface area contributed by atoms with Crippen LogP contribution in [0.15, 0.2) is 59.2 Å². The van der Waals surface area contributed by atoms with E-state index in [9.17, 15) is 4.79 Å². The highest BCUT2D eigenvalue weighted by molar-refractivity contribution is 9.10. The predicted octanol–water partition coefficient (Wildman–Crippen LogP) is 7.27. The van der Waals surface area contributed by atoms with Gasteiger partial charge in [0.1, 0.15) is 12.3 Å². The molecule has 0 N–H and O–H groups in total. The number of esters is 1. The molecule has 1 aromatic carbocycles. The molecular weight excluding hydrogens is 514 g/mol. The van der Waals surface area contributed by atoms with E-state index < -0.39 is 5.41 Å². The van der Waals surface area contributed by atoms with Crippen LogP contribution in [0.5, 0.6) is 0 Å². The molecule has 1 aromatic heterocycles. The molecule has 192 valence electrons. The lowest BCUT2D eigenvalue weighted by molar-refractivity contribution is -0.169. The standard InChI is InChI=1S/C30H38BrN3O2/c1-5-28(2)16-13-25-22(17-28)9-12-26-29(25,3)14-6-15-30(26,4)27(35)36-20-24-19-34(33-32-24)18-21-7-10-23(31)11-8-21/h5,7-8,10-11,13,19,22,26H,1,6,9,12,14-18,20H2,2-4H3/t22-,26-,28-,29-,30+/m0/s1. The Morgan fingerprint density at radius 1 is 1.22 bits per heavy atom. The minimum atomic E-state index is -0.467. The van der Waals surface area contributed by atoms with Crippen molar-refractivity contribution in [3.63, 3.8) is 0 Å². The van der Waals surface area contributed by atoms with Crippen LogP contribution in [0.2, 0.25) is 0 Å². The number of allylic oxidation sites excluding steroid dienone is 3. The van der Waals surface area contributed by atoms with Gasteiger partial charge in [-0.1, -0.05) is 71.3 Å². The summed E-state index contributed by atoms with van der Waals surface area (Å²) in [7, 11) is 0. The molecule has 5 rings (SSSR count). The number of hydrogen-bond acceptors (Lipinski definition) is 4. The van der Waals surface area contributed by atoms with Crippen LogP contribution in [0.25, 0.3) is 0 Å². The summed E-state index contributed by atoms with van der Waals surface area (Å²) in [5, 5.41) is 8.48. The molecule has 5 nitrogen and oxygen atoms in total. The van der Waals surface area contributed by atoms with Gasteiger partial charge in [-0.2, -0.15) is 0 Å². The van der Waals surface area contributed by atoms with Gasteiger partial charge in [0.2, 0.25) is 0 Å². The number of fused-ring (bicyclic) bond motifs is 3. The lowest BCUT2D eigenvalue weighted by Crippen LogP contribution is -2.53. The van der Waals surface area contributed by atoms with Crippen molar-refractivity contribution < 1.29 is 9.53 Å². The molecule has 2 saturated carbocycles. The molecule has 0 unspecified atom stereocenters. The number of rotatable bonds is 6. The Bertz CT molecular complexity index is 1170. The van der Waals surface area contributed by atoms with E-state index in [0.717, 1.165) is 48.6 Å². The Morgan fingerprint density at radius 2 is 2.00 bits per heavy atom. The summed E-state index contributed by atoms with van der Waals surface area (Å²) in [6.07, 6.45) is 14.1. The van der Waals surface area contributed by atoms with Gasteiger partial charge in [-0.05, 0) is 85.8 Å². The molecule has 0 spiro atoms. The summed E-state index contributed by atoms with van der Waals surface area (Å²) in [5.41, 5.74) is 3.24. The molecule has 0 saturated heterocycles. The SMILES string of the molecule is C=C[C@@]1(C)CC=C2[C@@H](CC[C@@H]3[C@](C)(C(=O)OCc4cn(Cc5ccc(Br)cc5)nn4)CCC[C@@]23C)C1. The first-order chi connectivity index (χ1) is 17.1. The summed E-state index contributed by atoms with van der Waals surface area (Å²) >= 11 is 3.46. The maximum atomic E-state index is 13.6. The molecule has 0 radical (unpaired) electrons. The quantitative estimate of drug-likeness (QED) is 0.280. The van der Waals surface area contributed by atoms with Crippen molar-refractivity contribution in [2.75, 3.05) is 0 Å². The van der Waals surface area contributed by atoms with Crippen molar-refractivity contribution in [2.24, 2.45) is 28.1 Å². The fraction of sp³-hybridized carbons (Fsp3) is 0.567. The second-order valence-electron chi connectivity index (χ2n) is 12.1. The van der Waals surface area contributed by atoms with Gasteiger partial charge >= 0.3 is 5.97 Å². The largest absolute Gasteiger partial charge is 0.459 e. The highest BCUT2D eigenvalue weighted by Gasteiger charge is 2.58. The van der Waals surface area contributed by atoms with Crippen LogP contribution in [-0.4, -0.2) is 21.0 Å². The Labute approximate surface area is 223 Å². The van der Waals surface area contributed by atoms with Crippen LogP contribution in [0.3, 0.4) is 0 Å². The number of ether oxygens (including phenoxy) is 1. The van der Waals surface area contributed by atoms with Crippen molar-refractivity contribution in [2.45, 2.75) is 78.9 Å². The fourth-order valence-electron chi connectivity index (χ4n) is 7.42. The molecule has 3 aliphatic rings. The van der Waals surface area contributed by atoms with Gasteiger partial charge in [0.15, 0.2) is 0 Å². The maximum Gasteiger partial charge on any atom is 0.312 e. The minimum Gasteiger partial charge on any atom is -0.459 e. The highest BCUT2D eigenvalue weighted by Crippen LogP contribution is 2.64. The molecular formula is C30H38BrN3O2. The Hall–Kier alpha value is -2.21. The van der Waals surface area contributed by atoms with Gasteiger partial charge in [-0.3, -0.25) is 4.79 Å². The zero-order valence-corrected chi connectivity index (χ0v) is 23.4. The molecule has 1 heterocycles. The van der Waals surface area contributed by atoms with Crippen molar-refractivity contribution in [1.29, 1.82) is 0 Å². The van der Waals surface area contributed by atoms with E-state index in [2.05, 4.69) is 77.9 Å². The van der Waals surface area contributed by atoms with Gasteiger partial charge in [-0.25, -0.2) is 4.68 Å². The monoisotopic (exact) mass is 551 g/mol. The van der Waals surface area contributed by atoms with Crippen LogP contribution in [0, 0.1) is 28.1 Å². The second kappa shape index (κ2) is 9.59. The summed E-state index contributed by atoms with van der Waals surface area (Å²) < 4.78 is 8.78. The summed E-state index contributed by atoms with van der Waals surface area (Å²) in [5.74, 6) is 0.851. The normalized spacial score (nSPS) is 33.7. The van der Waals surface area contributed by atoms with Gasteiger partial charge in [0.05, 0.1) is 18.2 Å². The third kappa shape index (κ3) is 4.62. The summed E-state index contributed by atoms with van der Waals surface area (Å²) in [6, 6.07) is 8.15. The Balaban J connectivity index is 1.27. The molecule has 5 atom stereocenters. The molecule has 36 heavy (non-hydrogen) atoms. The van der Waals surface area contributed by atoms with Crippen molar-refractivity contribution in [1.82, 2.24) is 15.0 Å². The van der Waals surface area contributed by atoms with E-state index in [4.69, 9.17) is 4.74 Å². The van der Waals surface area contributed by atoms with Crippen LogP contribution in [0.4, 0.5) is 0 Å². The van der Waals surface area contributed by atoms with E-state index in [0.29, 0.717) is 24.1 Å². The van der Waals surface area contributed by atoms with Gasteiger partial charge in [-0.15, -0.1) is 11.7 Å². The fourth-order valence-corrected chi connectivity index (χ4v) is 7.69. The van der Waals surface area contributed by atoms with Crippen molar-refractivity contribution in [3.8, 4) is 0 Å². The zero-order valence-electron chi connectivity index (χ0n) is 21.8. The molecule has 0 bridgehead atoms. The molecule has 0 aliphatic heterocycles. The van der Waals surface area contributed by atoms with Gasteiger partial charge < -0.3 is 4.74 Å². The van der Waals surface area contributed by atoms with Crippen LogP contribution >= 0.6 is 15.9 Å². The van der Waals surface area contributed by atoms with Crippen molar-refractivity contribution in [3.05, 3.63) is 70.5 Å². The van der Waals surface area contributed by atoms with E-state index >= 15 is 0 Å². The highest BCUT2D eigenvalue weighted by atomic mass is 79.9.